The number of hydrogen-bond acceptors (Lipinski definition) is 5. The van der Waals surface area contributed by atoms with Gasteiger partial charge in [-0.2, -0.15) is 5.26 Å². The molecule has 0 amide bonds. The van der Waals surface area contributed by atoms with Crippen molar-refractivity contribution >= 4 is 22.5 Å². The third-order valence-electron chi connectivity index (χ3n) is 6.69. The first-order valence-electron chi connectivity index (χ1n) is 11.9. The largest absolute Gasteiger partial charge is 0.496 e. The Labute approximate surface area is 215 Å². The topological polar surface area (TPSA) is 93.9 Å². The van der Waals surface area contributed by atoms with Crippen LogP contribution in [-0.4, -0.2) is 22.4 Å². The Balaban J connectivity index is 1.84. The number of fused-ring (bicyclic) bond motifs is 1. The zero-order valence-corrected chi connectivity index (χ0v) is 21.2. The van der Waals surface area contributed by atoms with Crippen LogP contribution in [0.2, 0.25) is 0 Å². The van der Waals surface area contributed by atoms with E-state index in [0.29, 0.717) is 33.7 Å². The van der Waals surface area contributed by atoms with E-state index in [0.717, 1.165) is 33.4 Å². The number of aryl methyl sites for hydroxylation is 1. The second kappa shape index (κ2) is 9.29. The van der Waals surface area contributed by atoms with Crippen LogP contribution in [-0.2, 0) is 0 Å². The van der Waals surface area contributed by atoms with Gasteiger partial charge in [0, 0.05) is 33.5 Å². The lowest BCUT2D eigenvalue weighted by Gasteiger charge is -2.14. The van der Waals surface area contributed by atoms with Crippen molar-refractivity contribution in [2.75, 3.05) is 12.8 Å². The number of Topliss-reactive ketones (excluding diaryl/α,β-unsaturated/α-hetero) is 1. The first kappa shape index (κ1) is 23.8. The number of pyridine rings is 1. The Morgan fingerprint density at radius 3 is 2.32 bits per heavy atom. The summed E-state index contributed by atoms with van der Waals surface area (Å²) in [5, 5.41) is 10.6. The van der Waals surface area contributed by atoms with Crippen LogP contribution in [0.1, 0.15) is 34.1 Å². The van der Waals surface area contributed by atoms with Gasteiger partial charge in [0.25, 0.3) is 0 Å². The van der Waals surface area contributed by atoms with Gasteiger partial charge in [-0.15, -0.1) is 0 Å². The van der Waals surface area contributed by atoms with Crippen LogP contribution in [0.25, 0.3) is 39.0 Å². The number of ketones is 1. The zero-order valence-electron chi connectivity index (χ0n) is 21.2. The second-order valence-corrected chi connectivity index (χ2v) is 9.05. The highest BCUT2D eigenvalue weighted by atomic mass is 16.5. The molecule has 2 aromatic heterocycles. The Hall–Kier alpha value is -4.89. The molecule has 2 heterocycles. The van der Waals surface area contributed by atoms with E-state index >= 15 is 0 Å². The lowest BCUT2D eigenvalue weighted by atomic mass is 9.97. The van der Waals surface area contributed by atoms with Gasteiger partial charge in [-0.25, -0.2) is 4.98 Å². The minimum absolute atomic E-state index is 0.0183. The zero-order chi connectivity index (χ0) is 26.3. The molecule has 3 aromatic carbocycles. The van der Waals surface area contributed by atoms with Gasteiger partial charge in [-0.05, 0) is 56.7 Å². The Morgan fingerprint density at radius 1 is 1.00 bits per heavy atom. The average Bonchev–Trinajstić information content (AvgIpc) is 3.19. The van der Waals surface area contributed by atoms with Crippen molar-refractivity contribution in [1.82, 2.24) is 9.55 Å². The predicted molar refractivity (Wildman–Crippen MR) is 147 cm³/mol. The summed E-state index contributed by atoms with van der Waals surface area (Å²) in [6.07, 6.45) is 0. The molecule has 6 nitrogen and oxygen atoms in total. The third kappa shape index (κ3) is 4.01. The molecule has 37 heavy (non-hydrogen) atoms. The van der Waals surface area contributed by atoms with E-state index in [2.05, 4.69) is 15.6 Å². The van der Waals surface area contributed by atoms with Crippen LogP contribution in [0, 0.1) is 25.2 Å². The summed E-state index contributed by atoms with van der Waals surface area (Å²) in [6, 6.07) is 25.7. The number of methoxy groups -OCH3 is 1. The molecule has 6 heteroatoms. The number of hydrogen-bond donors (Lipinski definition) is 1. The number of benzene rings is 3. The predicted octanol–water partition coefficient (Wildman–Crippen LogP) is 6.64. The molecule has 0 saturated heterocycles. The van der Waals surface area contributed by atoms with E-state index in [9.17, 15) is 10.1 Å². The molecular weight excluding hydrogens is 460 g/mol. The summed E-state index contributed by atoms with van der Waals surface area (Å²) in [5.41, 5.74) is 13.9. The fraction of sp³-hybridized carbons (Fsp3) is 0.129. The maximum atomic E-state index is 12.7. The molecule has 0 fully saturated rings. The molecule has 2 N–H and O–H groups in total. The Kier molecular flexibility index (Phi) is 5.98. The number of anilines is 1. The number of nitrogens with zero attached hydrogens (tertiary/aromatic N) is 3. The van der Waals surface area contributed by atoms with Gasteiger partial charge < -0.3 is 15.0 Å². The van der Waals surface area contributed by atoms with E-state index in [-0.39, 0.29) is 11.6 Å². The number of nitrogens with two attached hydrogens (primary N) is 1. The fourth-order valence-corrected chi connectivity index (χ4v) is 4.95. The third-order valence-corrected chi connectivity index (χ3v) is 6.69. The van der Waals surface area contributed by atoms with Gasteiger partial charge in [0.2, 0.25) is 0 Å². The van der Waals surface area contributed by atoms with E-state index < -0.39 is 0 Å². The van der Waals surface area contributed by atoms with Crippen LogP contribution in [0.3, 0.4) is 0 Å². The molecule has 0 aliphatic heterocycles. The standard InChI is InChI=1S/C31H26N4O2/c1-18-10-12-22(13-11-18)35-19(2)30(20(3)36)25-16-29(37-4)24(15-28(25)35)27-14-23(21-8-6-5-7-9-21)26(17-32)31(33)34-27/h5-16H,1-4H3,(H2,33,34). The molecule has 0 aliphatic carbocycles. The van der Waals surface area contributed by atoms with Gasteiger partial charge in [-0.3, -0.25) is 4.79 Å². The van der Waals surface area contributed by atoms with Gasteiger partial charge in [0.05, 0.1) is 18.3 Å². The maximum Gasteiger partial charge on any atom is 0.162 e. The lowest BCUT2D eigenvalue weighted by molar-refractivity contribution is 0.101. The molecular formula is C31H26N4O2. The number of rotatable bonds is 5. The molecule has 0 saturated carbocycles. The fourth-order valence-electron chi connectivity index (χ4n) is 4.95. The highest BCUT2D eigenvalue weighted by Gasteiger charge is 2.23. The summed E-state index contributed by atoms with van der Waals surface area (Å²) in [6.45, 7) is 5.57. The number of nitrogen functional groups attached to an aromatic ring is 1. The minimum atomic E-state index is -0.0183. The summed E-state index contributed by atoms with van der Waals surface area (Å²) in [5.74, 6) is 0.692. The van der Waals surface area contributed by atoms with Gasteiger partial charge in [0.15, 0.2) is 5.78 Å². The van der Waals surface area contributed by atoms with Gasteiger partial charge in [-0.1, -0.05) is 48.0 Å². The average molecular weight is 487 g/mol. The van der Waals surface area contributed by atoms with E-state index in [1.807, 2.05) is 86.6 Å². The molecule has 0 radical (unpaired) electrons. The maximum absolute atomic E-state index is 12.7. The molecule has 182 valence electrons. The van der Waals surface area contributed by atoms with Crippen LogP contribution in [0.15, 0.2) is 72.8 Å². The van der Waals surface area contributed by atoms with Crippen molar-refractivity contribution in [3.63, 3.8) is 0 Å². The van der Waals surface area contributed by atoms with Crippen molar-refractivity contribution in [2.45, 2.75) is 20.8 Å². The van der Waals surface area contributed by atoms with Gasteiger partial charge in [0.1, 0.15) is 23.2 Å². The summed E-state index contributed by atoms with van der Waals surface area (Å²) >= 11 is 0. The highest BCUT2D eigenvalue weighted by Crippen LogP contribution is 2.40. The van der Waals surface area contributed by atoms with Crippen LogP contribution in [0.5, 0.6) is 5.75 Å². The van der Waals surface area contributed by atoms with E-state index in [4.69, 9.17) is 10.5 Å². The molecule has 0 unspecified atom stereocenters. The molecule has 5 rings (SSSR count). The van der Waals surface area contributed by atoms with Crippen molar-refractivity contribution < 1.29 is 9.53 Å². The van der Waals surface area contributed by atoms with Crippen molar-refractivity contribution in [3.05, 3.63) is 95.2 Å². The molecule has 5 aromatic rings. The van der Waals surface area contributed by atoms with Crippen molar-refractivity contribution in [2.24, 2.45) is 0 Å². The van der Waals surface area contributed by atoms with Crippen LogP contribution in [0.4, 0.5) is 5.82 Å². The molecule has 0 aliphatic rings. The summed E-state index contributed by atoms with van der Waals surface area (Å²) in [4.78, 5) is 17.3. The molecule has 0 spiro atoms. The molecule has 0 bridgehead atoms. The quantitative estimate of drug-likeness (QED) is 0.281. The monoisotopic (exact) mass is 486 g/mol. The minimum Gasteiger partial charge on any atom is -0.496 e. The Morgan fingerprint density at radius 2 is 1.70 bits per heavy atom. The van der Waals surface area contributed by atoms with Gasteiger partial charge >= 0.3 is 0 Å². The number of ether oxygens (including phenoxy) is 1. The van der Waals surface area contributed by atoms with Crippen molar-refractivity contribution in [1.29, 1.82) is 5.26 Å². The first-order valence-corrected chi connectivity index (χ1v) is 11.9. The number of carbonyl (C=O) groups excluding carboxylic acids is 1. The number of aromatic nitrogens is 2. The Bertz CT molecular complexity index is 1710. The number of carbonyl (C=O) groups is 1. The van der Waals surface area contributed by atoms with Crippen LogP contribution >= 0.6 is 0 Å². The summed E-state index contributed by atoms with van der Waals surface area (Å²) < 4.78 is 7.87. The number of nitriles is 1. The first-order chi connectivity index (χ1) is 17.8. The molecule has 0 atom stereocenters. The second-order valence-electron chi connectivity index (χ2n) is 9.05. The lowest BCUT2D eigenvalue weighted by Crippen LogP contribution is -2.01. The van der Waals surface area contributed by atoms with Crippen LogP contribution < -0.4 is 10.5 Å². The van der Waals surface area contributed by atoms with E-state index in [1.54, 1.807) is 14.0 Å². The smallest absolute Gasteiger partial charge is 0.162 e. The highest BCUT2D eigenvalue weighted by molar-refractivity contribution is 6.10. The van der Waals surface area contributed by atoms with E-state index in [1.165, 1.54) is 0 Å². The summed E-state index contributed by atoms with van der Waals surface area (Å²) in [7, 11) is 1.59. The normalized spacial score (nSPS) is 10.9. The SMILES string of the molecule is COc1cc2c(C(C)=O)c(C)n(-c3ccc(C)cc3)c2cc1-c1cc(-c2ccccc2)c(C#N)c(N)n1. The van der Waals surface area contributed by atoms with Crippen molar-refractivity contribution in [3.8, 4) is 39.9 Å².